The number of phenolic OH excluding ortho intramolecular Hbond substituents is 1. The molecule has 6 fully saturated rings. The van der Waals surface area contributed by atoms with Crippen LogP contribution in [0, 0.1) is 29.9 Å². The molecule has 0 spiro atoms. The summed E-state index contributed by atoms with van der Waals surface area (Å²) in [6.45, 7) is 7.48. The SMILES string of the molecule is C#Cc1c(F)ccc2cc(O)cc(-c3ncc4c(N5CCOCC5)nc(OC[C@@]56CCCN5[C@H](COC(=O)N5CCC(CN7CCC(c8ccc9c(c8)n(C)c(=O)n9C8CCC(=O)NC8=O)CC7)CC5)CC6)nc4c3F)c12. The van der Waals surface area contributed by atoms with Crippen LogP contribution in [0.15, 0.2) is 53.5 Å². The number of phenols is 1. The minimum Gasteiger partial charge on any atom is -0.508 e. The highest BCUT2D eigenvalue weighted by Crippen LogP contribution is 2.44. The Morgan fingerprint density at radius 1 is 0.935 bits per heavy atom. The minimum absolute atomic E-state index is 0.000717. The summed E-state index contributed by atoms with van der Waals surface area (Å²) < 4.78 is 53.4. The first-order valence-corrected chi connectivity index (χ1v) is 27.1. The van der Waals surface area contributed by atoms with E-state index in [-0.39, 0.29) is 88.4 Å². The monoisotopic (exact) mass is 1050 g/mol. The molecule has 77 heavy (non-hydrogen) atoms. The second kappa shape index (κ2) is 20.6. The van der Waals surface area contributed by atoms with E-state index >= 15 is 8.78 Å². The zero-order chi connectivity index (χ0) is 53.1. The first kappa shape index (κ1) is 50.6. The summed E-state index contributed by atoms with van der Waals surface area (Å²) in [7, 11) is 1.73. The fourth-order valence-electron chi connectivity index (χ4n) is 13.3. The Hall–Kier alpha value is -7.21. The molecule has 3 atom stereocenters. The molecule has 3 aromatic carbocycles. The van der Waals surface area contributed by atoms with Crippen LogP contribution in [0.3, 0.4) is 0 Å². The zero-order valence-electron chi connectivity index (χ0n) is 43.1. The highest BCUT2D eigenvalue weighted by atomic mass is 19.1. The van der Waals surface area contributed by atoms with E-state index in [0.717, 1.165) is 83.1 Å². The average molecular weight is 1050 g/mol. The van der Waals surface area contributed by atoms with Gasteiger partial charge in [0.25, 0.3) is 0 Å². The molecule has 3 amide bonds. The number of morpholine rings is 1. The number of terminal acetylenes is 1. The molecular formula is C57H62F2N10O8. The van der Waals surface area contributed by atoms with Gasteiger partial charge < -0.3 is 34.0 Å². The Morgan fingerprint density at radius 2 is 1.74 bits per heavy atom. The van der Waals surface area contributed by atoms with Crippen LogP contribution in [-0.2, 0) is 26.1 Å². The van der Waals surface area contributed by atoms with Gasteiger partial charge in [-0.15, -0.1) is 6.42 Å². The van der Waals surface area contributed by atoms with E-state index in [9.17, 15) is 24.3 Å². The number of anilines is 1. The number of amides is 3. The lowest BCUT2D eigenvalue weighted by Crippen LogP contribution is -2.48. The van der Waals surface area contributed by atoms with Crippen molar-refractivity contribution in [2.24, 2.45) is 13.0 Å². The van der Waals surface area contributed by atoms with Crippen LogP contribution < -0.4 is 20.6 Å². The fraction of sp³-hybridized carbons (Fsp3) is 0.491. The van der Waals surface area contributed by atoms with Crippen LogP contribution in [0.2, 0.25) is 0 Å². The minimum atomic E-state index is -0.793. The predicted molar refractivity (Wildman–Crippen MR) is 283 cm³/mol. The van der Waals surface area contributed by atoms with E-state index in [1.165, 1.54) is 40.6 Å². The number of nitrogens with one attached hydrogen (secondary N) is 1. The first-order valence-electron chi connectivity index (χ1n) is 27.1. The van der Waals surface area contributed by atoms with E-state index in [4.69, 9.17) is 25.6 Å². The second-order valence-corrected chi connectivity index (χ2v) is 21.8. The Morgan fingerprint density at radius 3 is 2.52 bits per heavy atom. The number of carbonyl (C=O) groups is 3. The average Bonchev–Trinajstić information content (AvgIpc) is 4.19. The maximum atomic E-state index is 17.1. The third kappa shape index (κ3) is 9.39. The van der Waals surface area contributed by atoms with Crippen molar-refractivity contribution in [2.45, 2.75) is 87.7 Å². The van der Waals surface area contributed by atoms with Crippen molar-refractivity contribution in [3.63, 3.8) is 0 Å². The summed E-state index contributed by atoms with van der Waals surface area (Å²) >= 11 is 0. The zero-order valence-corrected chi connectivity index (χ0v) is 43.1. The van der Waals surface area contributed by atoms with Gasteiger partial charge in [-0.1, -0.05) is 18.1 Å². The van der Waals surface area contributed by atoms with Gasteiger partial charge in [0, 0.05) is 69.4 Å². The van der Waals surface area contributed by atoms with Gasteiger partial charge in [-0.2, -0.15) is 9.97 Å². The summed E-state index contributed by atoms with van der Waals surface area (Å²) in [5.74, 6) is 1.32. The summed E-state index contributed by atoms with van der Waals surface area (Å²) in [5, 5.41) is 14.1. The molecule has 0 aliphatic carbocycles. The number of hydrogen-bond donors (Lipinski definition) is 2. The van der Waals surface area contributed by atoms with Crippen LogP contribution in [0.25, 0.3) is 44.0 Å². The molecule has 6 saturated heterocycles. The molecule has 6 aliphatic rings. The maximum Gasteiger partial charge on any atom is 0.409 e. The third-order valence-electron chi connectivity index (χ3n) is 17.4. The summed E-state index contributed by atoms with van der Waals surface area (Å²) in [6.07, 6.45) is 14.7. The molecule has 6 aliphatic heterocycles. The number of imide groups is 1. The standard InChI is InChI=1S/C57H62F2N10O8/c1-3-40-43(58)7-5-37-27-39(70)29-41(48(37)40)50-49(59)51-42(30-60-50)52(66-23-25-75-26-24-66)63-54(62-51)77-33-57-16-4-18-68(57)38(11-17-57)32-76-56(74)67-21-12-34(13-22-67)31-65-19-14-35(15-20-65)36-6-8-44-46(28-36)64(2)55(73)69(44)45-9-10-47(71)61-53(45)72/h1,5-8,27-30,34-35,38,45,70H,4,9-26,31-33H2,2H3,(H,61,71,72)/t38-,45?,57-/m0/s1. The molecule has 0 saturated carbocycles. The number of halogens is 2. The van der Waals surface area contributed by atoms with Gasteiger partial charge in [0.1, 0.15) is 47.9 Å². The quantitative estimate of drug-likeness (QED) is 0.107. The Labute approximate surface area is 443 Å². The molecule has 0 radical (unpaired) electrons. The van der Waals surface area contributed by atoms with Crippen LogP contribution in [-0.4, -0.2) is 152 Å². The normalized spacial score (nSPS) is 23.0. The van der Waals surface area contributed by atoms with Crippen molar-refractivity contribution in [3.05, 3.63) is 81.9 Å². The lowest BCUT2D eigenvalue weighted by atomic mass is 9.88. The van der Waals surface area contributed by atoms with Crippen LogP contribution in [0.4, 0.5) is 19.4 Å². The van der Waals surface area contributed by atoms with Crippen LogP contribution >= 0.6 is 0 Å². The molecule has 0 bridgehead atoms. The number of aromatic hydroxyl groups is 1. The van der Waals surface area contributed by atoms with E-state index in [1.807, 2.05) is 15.9 Å². The van der Waals surface area contributed by atoms with Gasteiger partial charge in [-0.3, -0.25) is 33.9 Å². The molecule has 9 heterocycles. The molecule has 2 N–H and O–H groups in total. The fourth-order valence-corrected chi connectivity index (χ4v) is 13.3. The molecule has 1 unspecified atom stereocenters. The smallest absolute Gasteiger partial charge is 0.409 e. The van der Waals surface area contributed by atoms with E-state index in [1.54, 1.807) is 11.6 Å². The van der Waals surface area contributed by atoms with Gasteiger partial charge >= 0.3 is 17.8 Å². The number of nitrogens with zero attached hydrogens (tertiary/aromatic N) is 9. The number of carbonyl (C=O) groups excluding carboxylic acids is 3. The number of imidazole rings is 1. The van der Waals surface area contributed by atoms with Gasteiger partial charge in [-0.25, -0.2) is 18.4 Å². The lowest BCUT2D eigenvalue weighted by Gasteiger charge is -2.38. The number of pyridine rings is 1. The van der Waals surface area contributed by atoms with Crippen molar-refractivity contribution in [1.29, 1.82) is 0 Å². The second-order valence-electron chi connectivity index (χ2n) is 21.8. The predicted octanol–water partition coefficient (Wildman–Crippen LogP) is 6.38. The summed E-state index contributed by atoms with van der Waals surface area (Å²) in [4.78, 5) is 74.1. The Bertz CT molecular complexity index is 3430. The molecule has 18 nitrogen and oxygen atoms in total. The maximum absolute atomic E-state index is 17.1. The Balaban J connectivity index is 0.655. The van der Waals surface area contributed by atoms with Crippen molar-refractivity contribution >= 4 is 56.4 Å². The molecule has 20 heteroatoms. The third-order valence-corrected chi connectivity index (χ3v) is 17.4. The number of fused-ring (bicyclic) bond motifs is 4. The summed E-state index contributed by atoms with van der Waals surface area (Å²) in [6, 6.07) is 10.9. The number of aryl methyl sites for hydroxylation is 1. The van der Waals surface area contributed by atoms with E-state index in [2.05, 4.69) is 43.1 Å². The van der Waals surface area contributed by atoms with Gasteiger partial charge in [0.2, 0.25) is 11.8 Å². The van der Waals surface area contributed by atoms with Gasteiger partial charge in [0.15, 0.2) is 5.82 Å². The number of ether oxygens (including phenoxy) is 3. The van der Waals surface area contributed by atoms with Crippen molar-refractivity contribution in [3.8, 4) is 35.4 Å². The largest absolute Gasteiger partial charge is 0.508 e. The number of benzene rings is 3. The van der Waals surface area contributed by atoms with Gasteiger partial charge in [-0.05, 0) is 131 Å². The number of hydrogen-bond acceptors (Lipinski definition) is 14. The molecule has 402 valence electrons. The number of likely N-dealkylation sites (tertiary alicyclic amines) is 2. The highest BCUT2D eigenvalue weighted by Gasteiger charge is 2.50. The lowest BCUT2D eigenvalue weighted by molar-refractivity contribution is -0.135. The summed E-state index contributed by atoms with van der Waals surface area (Å²) in [5.41, 5.74) is 1.92. The number of piperidine rings is 3. The molecular weight excluding hydrogens is 991 g/mol. The van der Waals surface area contributed by atoms with E-state index in [0.29, 0.717) is 79.8 Å². The Kier molecular flexibility index (Phi) is 13.6. The van der Waals surface area contributed by atoms with E-state index < -0.39 is 23.6 Å². The number of aromatic nitrogens is 5. The van der Waals surface area contributed by atoms with Crippen LogP contribution in [0.5, 0.6) is 11.8 Å². The van der Waals surface area contributed by atoms with Crippen molar-refractivity contribution in [2.75, 3.05) is 83.7 Å². The molecule has 12 rings (SSSR count). The number of rotatable bonds is 11. The molecule has 6 aromatic rings. The van der Waals surface area contributed by atoms with Crippen LogP contribution in [0.1, 0.15) is 87.3 Å². The topological polar surface area (TPSA) is 190 Å². The highest BCUT2D eigenvalue weighted by molar-refractivity contribution is 6.03. The van der Waals surface area contributed by atoms with Crippen molar-refractivity contribution < 1.29 is 42.5 Å². The first-order chi connectivity index (χ1) is 37.4. The van der Waals surface area contributed by atoms with Gasteiger partial charge in [0.05, 0.1) is 40.7 Å². The van der Waals surface area contributed by atoms with Crippen molar-refractivity contribution in [1.82, 2.24) is 44.1 Å². The molecule has 3 aromatic heterocycles.